The monoisotopic (exact) mass is 366 g/mol. The molecule has 1 aliphatic heterocycles. The lowest BCUT2D eigenvalue weighted by atomic mass is 10.1. The normalized spacial score (nSPS) is 16.0. The third-order valence-electron chi connectivity index (χ3n) is 3.73. The van der Waals surface area contributed by atoms with E-state index in [1.807, 2.05) is 36.4 Å². The van der Waals surface area contributed by atoms with E-state index in [1.165, 1.54) is 6.07 Å². The van der Waals surface area contributed by atoms with Crippen LogP contribution < -0.4 is 0 Å². The Bertz CT molecular complexity index is 922. The molecule has 2 aromatic rings. The Balaban J connectivity index is 1.76. The SMILES string of the molecule is O=C1S/C(=C\C=C\c2ccccc2)C(=O)N1Cc1ccccc1[N+](=O)[O-]. The number of rotatable bonds is 5. The number of carbonyl (C=O) groups excluding carboxylic acids is 2. The second-order valence-electron chi connectivity index (χ2n) is 5.45. The molecule has 3 rings (SSSR count). The van der Waals surface area contributed by atoms with Crippen LogP contribution in [0.3, 0.4) is 0 Å². The first-order valence-electron chi connectivity index (χ1n) is 7.75. The van der Waals surface area contributed by atoms with Gasteiger partial charge in [0.05, 0.1) is 16.4 Å². The summed E-state index contributed by atoms with van der Waals surface area (Å²) in [4.78, 5) is 36.5. The third kappa shape index (κ3) is 3.89. The van der Waals surface area contributed by atoms with Crippen molar-refractivity contribution in [1.29, 1.82) is 0 Å². The van der Waals surface area contributed by atoms with Gasteiger partial charge in [0.2, 0.25) is 0 Å². The van der Waals surface area contributed by atoms with Crippen molar-refractivity contribution in [2.45, 2.75) is 6.54 Å². The summed E-state index contributed by atoms with van der Waals surface area (Å²) in [6, 6.07) is 15.6. The van der Waals surface area contributed by atoms with Gasteiger partial charge in [0.25, 0.3) is 16.8 Å². The van der Waals surface area contributed by atoms with Crippen LogP contribution in [0.2, 0.25) is 0 Å². The second kappa shape index (κ2) is 7.79. The minimum absolute atomic E-state index is 0.112. The first-order valence-corrected chi connectivity index (χ1v) is 8.57. The van der Waals surface area contributed by atoms with Crippen molar-refractivity contribution < 1.29 is 14.5 Å². The second-order valence-corrected chi connectivity index (χ2v) is 6.44. The zero-order chi connectivity index (χ0) is 18.5. The Hall–Kier alpha value is -3.19. The maximum absolute atomic E-state index is 12.5. The van der Waals surface area contributed by atoms with Gasteiger partial charge >= 0.3 is 0 Å². The van der Waals surface area contributed by atoms with Gasteiger partial charge in [-0.15, -0.1) is 0 Å². The van der Waals surface area contributed by atoms with Crippen LogP contribution in [0.25, 0.3) is 6.08 Å². The van der Waals surface area contributed by atoms with Gasteiger partial charge in [0.1, 0.15) is 0 Å². The largest absolute Gasteiger partial charge is 0.293 e. The van der Waals surface area contributed by atoms with Crippen molar-refractivity contribution in [3.8, 4) is 0 Å². The van der Waals surface area contributed by atoms with Crippen molar-refractivity contribution >= 4 is 34.7 Å². The highest BCUT2D eigenvalue weighted by atomic mass is 32.2. The van der Waals surface area contributed by atoms with Crippen LogP contribution >= 0.6 is 11.8 Å². The van der Waals surface area contributed by atoms with Crippen LogP contribution in [0.1, 0.15) is 11.1 Å². The molecule has 7 heteroatoms. The summed E-state index contributed by atoms with van der Waals surface area (Å²) in [5, 5.41) is 10.7. The number of para-hydroxylation sites is 1. The van der Waals surface area contributed by atoms with Gasteiger partial charge in [-0.2, -0.15) is 0 Å². The third-order valence-corrected chi connectivity index (χ3v) is 4.65. The van der Waals surface area contributed by atoms with E-state index in [-0.39, 0.29) is 12.2 Å². The molecule has 1 heterocycles. The van der Waals surface area contributed by atoms with Crippen molar-refractivity contribution in [3.63, 3.8) is 0 Å². The van der Waals surface area contributed by atoms with E-state index in [4.69, 9.17) is 0 Å². The lowest BCUT2D eigenvalue weighted by Gasteiger charge is -2.12. The van der Waals surface area contributed by atoms with Crippen molar-refractivity contribution in [3.05, 3.63) is 92.9 Å². The highest BCUT2D eigenvalue weighted by molar-refractivity contribution is 8.18. The number of allylic oxidation sites excluding steroid dienone is 2. The fourth-order valence-electron chi connectivity index (χ4n) is 2.45. The minimum Gasteiger partial charge on any atom is -0.268 e. The average molecular weight is 366 g/mol. The summed E-state index contributed by atoms with van der Waals surface area (Å²) >= 11 is 0.828. The zero-order valence-electron chi connectivity index (χ0n) is 13.6. The molecule has 1 fully saturated rings. The first-order chi connectivity index (χ1) is 12.6. The molecule has 2 amide bonds. The number of carbonyl (C=O) groups is 2. The molecule has 0 unspecified atom stereocenters. The van der Waals surface area contributed by atoms with E-state index in [2.05, 4.69) is 0 Å². The molecule has 1 aliphatic rings. The number of nitrogens with zero attached hydrogens (tertiary/aromatic N) is 2. The topological polar surface area (TPSA) is 80.5 Å². The molecule has 0 atom stereocenters. The van der Waals surface area contributed by atoms with E-state index in [1.54, 1.807) is 30.4 Å². The summed E-state index contributed by atoms with van der Waals surface area (Å²) in [5.41, 5.74) is 1.18. The molecular weight excluding hydrogens is 352 g/mol. The smallest absolute Gasteiger partial charge is 0.268 e. The first kappa shape index (κ1) is 17.6. The van der Waals surface area contributed by atoms with Crippen LogP contribution in [-0.4, -0.2) is 21.0 Å². The lowest BCUT2D eigenvalue weighted by molar-refractivity contribution is -0.385. The number of hydrogen-bond acceptors (Lipinski definition) is 5. The Kier molecular flexibility index (Phi) is 5.28. The standard InChI is InChI=1S/C19H14N2O4S/c22-18-17(12-6-9-14-7-2-1-3-8-14)26-19(23)20(18)13-15-10-4-5-11-16(15)21(24)25/h1-12H,13H2/b9-6+,17-12-. The fourth-order valence-corrected chi connectivity index (χ4v) is 3.24. The molecule has 0 saturated carbocycles. The van der Waals surface area contributed by atoms with Gasteiger partial charge in [0.15, 0.2) is 0 Å². The van der Waals surface area contributed by atoms with Gasteiger partial charge in [-0.1, -0.05) is 60.7 Å². The highest BCUT2D eigenvalue weighted by Gasteiger charge is 2.35. The average Bonchev–Trinajstić information content (AvgIpc) is 2.90. The Morgan fingerprint density at radius 1 is 1.04 bits per heavy atom. The van der Waals surface area contributed by atoms with Gasteiger partial charge in [-0.25, -0.2) is 0 Å². The van der Waals surface area contributed by atoms with E-state index in [0.717, 1.165) is 22.2 Å². The summed E-state index contributed by atoms with van der Waals surface area (Å²) in [7, 11) is 0. The van der Waals surface area contributed by atoms with E-state index < -0.39 is 16.1 Å². The van der Waals surface area contributed by atoms with E-state index >= 15 is 0 Å². The van der Waals surface area contributed by atoms with Crippen LogP contribution in [-0.2, 0) is 11.3 Å². The van der Waals surface area contributed by atoms with Crippen LogP contribution in [0.4, 0.5) is 10.5 Å². The van der Waals surface area contributed by atoms with Crippen molar-refractivity contribution in [1.82, 2.24) is 4.90 Å². The molecule has 0 N–H and O–H groups in total. The Labute approximate surface area is 154 Å². The predicted octanol–water partition coefficient (Wildman–Crippen LogP) is 4.39. The predicted molar refractivity (Wildman–Crippen MR) is 100 cm³/mol. The summed E-state index contributed by atoms with van der Waals surface area (Å²) in [6.45, 7) is -0.123. The summed E-state index contributed by atoms with van der Waals surface area (Å²) in [6.07, 6.45) is 5.12. The maximum atomic E-state index is 12.5. The molecule has 0 aliphatic carbocycles. The number of benzene rings is 2. The molecule has 0 spiro atoms. The maximum Gasteiger partial charge on any atom is 0.293 e. The van der Waals surface area contributed by atoms with Gasteiger partial charge in [-0.05, 0) is 23.4 Å². The zero-order valence-corrected chi connectivity index (χ0v) is 14.4. The lowest BCUT2D eigenvalue weighted by Crippen LogP contribution is -2.27. The molecular formula is C19H14N2O4S. The molecule has 26 heavy (non-hydrogen) atoms. The van der Waals surface area contributed by atoms with Crippen LogP contribution in [0.15, 0.2) is 71.7 Å². The molecule has 0 aromatic heterocycles. The van der Waals surface area contributed by atoms with Gasteiger partial charge in [-0.3, -0.25) is 24.6 Å². The molecule has 0 bridgehead atoms. The fraction of sp³-hybridized carbons (Fsp3) is 0.0526. The minimum atomic E-state index is -0.521. The molecule has 1 saturated heterocycles. The Morgan fingerprint density at radius 3 is 2.46 bits per heavy atom. The number of imide groups is 1. The number of nitro benzene ring substituents is 1. The van der Waals surface area contributed by atoms with Gasteiger partial charge < -0.3 is 0 Å². The number of nitro groups is 1. The van der Waals surface area contributed by atoms with E-state index in [9.17, 15) is 19.7 Å². The van der Waals surface area contributed by atoms with Crippen LogP contribution in [0.5, 0.6) is 0 Å². The van der Waals surface area contributed by atoms with Crippen LogP contribution in [0, 0.1) is 10.1 Å². The number of hydrogen-bond donors (Lipinski definition) is 0. The molecule has 2 aromatic carbocycles. The summed E-state index contributed by atoms with van der Waals surface area (Å²) in [5.74, 6) is -0.448. The molecule has 6 nitrogen and oxygen atoms in total. The Morgan fingerprint density at radius 2 is 1.73 bits per heavy atom. The van der Waals surface area contributed by atoms with Crippen molar-refractivity contribution in [2.75, 3.05) is 0 Å². The van der Waals surface area contributed by atoms with Gasteiger partial charge in [0, 0.05) is 11.6 Å². The highest BCUT2D eigenvalue weighted by Crippen LogP contribution is 2.33. The number of thioether (sulfide) groups is 1. The van der Waals surface area contributed by atoms with Crippen molar-refractivity contribution in [2.24, 2.45) is 0 Å². The molecule has 0 radical (unpaired) electrons. The van der Waals surface area contributed by atoms with E-state index in [0.29, 0.717) is 10.5 Å². The summed E-state index contributed by atoms with van der Waals surface area (Å²) < 4.78 is 0. The number of amides is 2. The quantitative estimate of drug-likeness (QED) is 0.445. The molecule has 130 valence electrons.